The molecule has 0 radical (unpaired) electrons. The summed E-state index contributed by atoms with van der Waals surface area (Å²) in [7, 11) is 0. The summed E-state index contributed by atoms with van der Waals surface area (Å²) in [6.45, 7) is 4.45. The number of carbonyl (C=O) groups is 1. The Balaban J connectivity index is 1.75. The molecular weight excluding hydrogens is 274 g/mol. The molecule has 1 saturated heterocycles. The Morgan fingerprint density at radius 3 is 3.10 bits per heavy atom. The summed E-state index contributed by atoms with van der Waals surface area (Å²) in [6.07, 6.45) is 4.65. The first kappa shape index (κ1) is 15.4. The zero-order valence-corrected chi connectivity index (χ0v) is 12.2. The Morgan fingerprint density at radius 1 is 1.67 bits per heavy atom. The average molecular weight is 295 g/mol. The molecule has 0 saturated carbocycles. The largest absolute Gasteiger partial charge is 0.381 e. The molecule has 2 rings (SSSR count). The molecule has 1 unspecified atom stereocenters. The van der Waals surface area contributed by atoms with Crippen LogP contribution in [-0.4, -0.2) is 40.0 Å². The minimum atomic E-state index is -0.558. The number of hydrogen-bond acceptors (Lipinski definition) is 5. The minimum Gasteiger partial charge on any atom is -0.358 e. The molecule has 8 nitrogen and oxygen atoms in total. The molecule has 1 fully saturated rings. The number of imidazole rings is 1. The van der Waals surface area contributed by atoms with Crippen molar-refractivity contribution in [3.63, 3.8) is 0 Å². The normalized spacial score (nSPS) is 18.4. The molecular formula is C13H21N5O3. The van der Waals surface area contributed by atoms with E-state index in [0.29, 0.717) is 18.3 Å². The maximum atomic E-state index is 11.8. The van der Waals surface area contributed by atoms with Crippen LogP contribution in [0.3, 0.4) is 0 Å². The lowest BCUT2D eigenvalue weighted by Gasteiger charge is -2.22. The van der Waals surface area contributed by atoms with Gasteiger partial charge in [-0.05, 0) is 48.2 Å². The number of nitro groups is 1. The van der Waals surface area contributed by atoms with Gasteiger partial charge in [0.05, 0.1) is 0 Å². The molecule has 1 aromatic heterocycles. The molecule has 1 atom stereocenters. The van der Waals surface area contributed by atoms with E-state index in [1.165, 1.54) is 23.6 Å². The van der Waals surface area contributed by atoms with Gasteiger partial charge in [-0.2, -0.15) is 0 Å². The predicted octanol–water partition coefficient (Wildman–Crippen LogP) is 0.606. The van der Waals surface area contributed by atoms with Gasteiger partial charge >= 0.3 is 5.82 Å². The van der Waals surface area contributed by atoms with Crippen molar-refractivity contribution in [2.24, 2.45) is 5.92 Å². The number of amides is 1. The van der Waals surface area contributed by atoms with Gasteiger partial charge in [-0.3, -0.25) is 9.36 Å². The highest BCUT2D eigenvalue weighted by Crippen LogP contribution is 2.13. The van der Waals surface area contributed by atoms with Gasteiger partial charge in [0, 0.05) is 13.5 Å². The number of piperidine rings is 1. The van der Waals surface area contributed by atoms with Crippen molar-refractivity contribution < 1.29 is 9.72 Å². The Kier molecular flexibility index (Phi) is 5.26. The Hall–Kier alpha value is -1.96. The van der Waals surface area contributed by atoms with Crippen LogP contribution in [0.25, 0.3) is 0 Å². The van der Waals surface area contributed by atoms with Crippen molar-refractivity contribution in [3.8, 4) is 0 Å². The molecule has 116 valence electrons. The Labute approximate surface area is 123 Å². The molecule has 1 amide bonds. The topological polar surface area (TPSA) is 102 Å². The van der Waals surface area contributed by atoms with E-state index < -0.39 is 4.92 Å². The van der Waals surface area contributed by atoms with E-state index in [1.54, 1.807) is 6.92 Å². The fourth-order valence-electron chi connectivity index (χ4n) is 2.54. The minimum absolute atomic E-state index is 0.0651. The van der Waals surface area contributed by atoms with Gasteiger partial charge in [0.2, 0.25) is 11.7 Å². The molecule has 0 bridgehead atoms. The van der Waals surface area contributed by atoms with Crippen molar-refractivity contribution in [1.82, 2.24) is 20.2 Å². The number of nitrogens with zero attached hydrogens (tertiary/aromatic N) is 3. The van der Waals surface area contributed by atoms with E-state index in [-0.39, 0.29) is 18.3 Å². The Bertz CT molecular complexity index is 508. The Morgan fingerprint density at radius 2 is 2.48 bits per heavy atom. The molecule has 0 spiro atoms. The number of aromatic nitrogens is 2. The molecule has 2 heterocycles. The summed E-state index contributed by atoms with van der Waals surface area (Å²) < 4.78 is 1.50. The highest BCUT2D eigenvalue weighted by Gasteiger charge is 2.17. The van der Waals surface area contributed by atoms with Gasteiger partial charge in [0.1, 0.15) is 12.7 Å². The van der Waals surface area contributed by atoms with Crippen molar-refractivity contribution in [2.75, 3.05) is 19.6 Å². The summed E-state index contributed by atoms with van der Waals surface area (Å²) in [4.78, 5) is 25.7. The molecule has 1 aliphatic rings. The quantitative estimate of drug-likeness (QED) is 0.591. The summed E-state index contributed by atoms with van der Waals surface area (Å²) in [5, 5.41) is 16.8. The third-order valence-corrected chi connectivity index (χ3v) is 3.74. The molecule has 1 aromatic rings. The zero-order chi connectivity index (χ0) is 15.2. The van der Waals surface area contributed by atoms with Crippen LogP contribution in [-0.2, 0) is 11.3 Å². The summed E-state index contributed by atoms with van der Waals surface area (Å²) in [5.74, 6) is 0.714. The SMILES string of the molecule is Cc1nc([N+](=O)[O-])cn1CC(=O)NCCC1CCCNC1. The van der Waals surface area contributed by atoms with E-state index in [9.17, 15) is 14.9 Å². The van der Waals surface area contributed by atoms with Crippen molar-refractivity contribution in [2.45, 2.75) is 32.7 Å². The van der Waals surface area contributed by atoms with Crippen molar-refractivity contribution >= 4 is 11.7 Å². The van der Waals surface area contributed by atoms with Gasteiger partial charge in [-0.15, -0.1) is 0 Å². The zero-order valence-electron chi connectivity index (χ0n) is 12.2. The first-order valence-electron chi connectivity index (χ1n) is 7.22. The van der Waals surface area contributed by atoms with Crippen LogP contribution < -0.4 is 10.6 Å². The fourth-order valence-corrected chi connectivity index (χ4v) is 2.54. The third kappa shape index (κ3) is 4.52. The number of nitrogens with one attached hydrogen (secondary N) is 2. The van der Waals surface area contributed by atoms with E-state index >= 15 is 0 Å². The van der Waals surface area contributed by atoms with Crippen LogP contribution in [0.15, 0.2) is 6.20 Å². The number of carbonyl (C=O) groups excluding carboxylic acids is 1. The van der Waals surface area contributed by atoms with Crippen molar-refractivity contribution in [1.29, 1.82) is 0 Å². The standard InChI is InChI=1S/C13H21N5O3/c1-10-16-12(18(20)21)8-17(10)9-13(19)15-6-4-11-3-2-5-14-7-11/h8,11,14H,2-7,9H2,1H3,(H,15,19). The third-order valence-electron chi connectivity index (χ3n) is 3.74. The van der Waals surface area contributed by atoms with Crippen LogP contribution in [0.4, 0.5) is 5.82 Å². The highest BCUT2D eigenvalue weighted by molar-refractivity contribution is 5.75. The lowest BCUT2D eigenvalue weighted by atomic mass is 9.96. The molecule has 8 heteroatoms. The van der Waals surface area contributed by atoms with E-state index in [4.69, 9.17) is 0 Å². The summed E-state index contributed by atoms with van der Waals surface area (Å²) in [5.41, 5.74) is 0. The van der Waals surface area contributed by atoms with Gasteiger partial charge in [0.15, 0.2) is 0 Å². The lowest BCUT2D eigenvalue weighted by molar-refractivity contribution is -0.389. The second-order valence-electron chi connectivity index (χ2n) is 5.38. The first-order valence-corrected chi connectivity index (χ1v) is 7.22. The van der Waals surface area contributed by atoms with E-state index in [0.717, 1.165) is 19.5 Å². The van der Waals surface area contributed by atoms with E-state index in [2.05, 4.69) is 15.6 Å². The number of aryl methyl sites for hydroxylation is 1. The van der Waals surface area contributed by atoms with Crippen LogP contribution >= 0.6 is 0 Å². The van der Waals surface area contributed by atoms with Crippen LogP contribution in [0.5, 0.6) is 0 Å². The second-order valence-corrected chi connectivity index (χ2v) is 5.38. The summed E-state index contributed by atoms with van der Waals surface area (Å²) >= 11 is 0. The second kappa shape index (κ2) is 7.16. The first-order chi connectivity index (χ1) is 10.1. The molecule has 0 aromatic carbocycles. The predicted molar refractivity (Wildman–Crippen MR) is 76.8 cm³/mol. The van der Waals surface area contributed by atoms with E-state index in [1.807, 2.05) is 0 Å². The fraction of sp³-hybridized carbons (Fsp3) is 0.692. The number of rotatable bonds is 6. The van der Waals surface area contributed by atoms with Gasteiger partial charge in [0.25, 0.3) is 0 Å². The van der Waals surface area contributed by atoms with Gasteiger partial charge in [-0.1, -0.05) is 0 Å². The molecule has 21 heavy (non-hydrogen) atoms. The molecule has 1 aliphatic heterocycles. The maximum Gasteiger partial charge on any atom is 0.381 e. The summed E-state index contributed by atoms with van der Waals surface area (Å²) in [6, 6.07) is 0. The molecule has 0 aliphatic carbocycles. The van der Waals surface area contributed by atoms with Gasteiger partial charge < -0.3 is 20.7 Å². The highest BCUT2D eigenvalue weighted by atomic mass is 16.6. The number of hydrogen-bond donors (Lipinski definition) is 2. The van der Waals surface area contributed by atoms with Crippen LogP contribution in [0, 0.1) is 23.0 Å². The smallest absolute Gasteiger partial charge is 0.358 e. The average Bonchev–Trinajstić information content (AvgIpc) is 2.81. The van der Waals surface area contributed by atoms with Gasteiger partial charge in [-0.25, -0.2) is 0 Å². The maximum absolute atomic E-state index is 11.8. The molecule has 2 N–H and O–H groups in total. The van der Waals surface area contributed by atoms with Crippen molar-refractivity contribution in [3.05, 3.63) is 22.1 Å². The monoisotopic (exact) mass is 295 g/mol. The lowest BCUT2D eigenvalue weighted by Crippen LogP contribution is -2.34. The van der Waals surface area contributed by atoms with Crippen LogP contribution in [0.2, 0.25) is 0 Å². The van der Waals surface area contributed by atoms with Crippen LogP contribution in [0.1, 0.15) is 25.1 Å².